The fourth-order valence-electron chi connectivity index (χ4n) is 2.50. The third-order valence-electron chi connectivity index (χ3n) is 3.61. The average Bonchev–Trinajstić information content (AvgIpc) is 3.03. The van der Waals surface area contributed by atoms with E-state index in [4.69, 9.17) is 11.6 Å². The Morgan fingerprint density at radius 1 is 1.42 bits per heavy atom. The molecule has 1 saturated heterocycles. The summed E-state index contributed by atoms with van der Waals surface area (Å²) < 4.78 is 26.5. The minimum atomic E-state index is -4.26. The van der Waals surface area contributed by atoms with Gasteiger partial charge in [-0.2, -0.15) is 4.31 Å². The minimum Gasteiger partial charge on any atom is -0.375 e. The fourth-order valence-corrected chi connectivity index (χ4v) is 4.40. The van der Waals surface area contributed by atoms with Crippen LogP contribution in [0.2, 0.25) is 0 Å². The first-order valence-corrected chi connectivity index (χ1v) is 8.66. The van der Waals surface area contributed by atoms with Gasteiger partial charge in [-0.15, -0.1) is 0 Å². The average molecular weight is 373 g/mol. The van der Waals surface area contributed by atoms with Gasteiger partial charge < -0.3 is 5.73 Å². The van der Waals surface area contributed by atoms with Crippen LogP contribution in [0.15, 0.2) is 29.2 Å². The topological polar surface area (TPSA) is 153 Å². The predicted octanol–water partition coefficient (Wildman–Crippen LogP) is -0.306. The second-order valence-corrected chi connectivity index (χ2v) is 7.32. The van der Waals surface area contributed by atoms with E-state index in [2.05, 4.69) is 12.2 Å². The van der Waals surface area contributed by atoms with Crippen LogP contribution in [-0.2, 0) is 14.8 Å². The summed E-state index contributed by atoms with van der Waals surface area (Å²) in [5.74, 6) is 4.67. The van der Waals surface area contributed by atoms with E-state index in [1.54, 1.807) is 0 Å². The number of nitro groups is 1. The second kappa shape index (κ2) is 6.76. The number of hydrogen-bond donors (Lipinski definition) is 2. The Labute approximate surface area is 143 Å². The number of rotatable bonds is 4. The van der Waals surface area contributed by atoms with Crippen molar-refractivity contribution in [3.63, 3.8) is 0 Å². The third kappa shape index (κ3) is 3.21. The van der Waals surface area contributed by atoms with Crippen molar-refractivity contribution in [1.29, 1.82) is 0 Å². The van der Waals surface area contributed by atoms with Gasteiger partial charge in [-0.05, 0) is 31.1 Å². The SMILES string of the molecule is NC(=S)N(N)C(=O)C1CCCN1S(=O)(=O)c1ccccc1[N+](=O)[O-]. The molecule has 1 atom stereocenters. The summed E-state index contributed by atoms with van der Waals surface area (Å²) in [5.41, 5.74) is 4.73. The Bertz CT molecular complexity index is 797. The van der Waals surface area contributed by atoms with Gasteiger partial charge in [-0.3, -0.25) is 14.9 Å². The lowest BCUT2D eigenvalue weighted by atomic mass is 10.2. The summed E-state index contributed by atoms with van der Waals surface area (Å²) in [4.78, 5) is 22.1. The molecule has 0 aliphatic carbocycles. The summed E-state index contributed by atoms with van der Waals surface area (Å²) in [7, 11) is -4.26. The van der Waals surface area contributed by atoms with Crippen LogP contribution in [0.1, 0.15) is 12.8 Å². The van der Waals surface area contributed by atoms with Crippen molar-refractivity contribution >= 4 is 38.9 Å². The molecule has 0 spiro atoms. The van der Waals surface area contributed by atoms with E-state index < -0.39 is 42.6 Å². The van der Waals surface area contributed by atoms with E-state index in [0.29, 0.717) is 11.4 Å². The highest BCUT2D eigenvalue weighted by Gasteiger charge is 2.43. The highest BCUT2D eigenvalue weighted by Crippen LogP contribution is 2.31. The lowest BCUT2D eigenvalue weighted by Crippen LogP contribution is -2.54. The smallest absolute Gasteiger partial charge is 0.289 e. The maximum absolute atomic E-state index is 12.8. The van der Waals surface area contributed by atoms with Crippen molar-refractivity contribution in [2.45, 2.75) is 23.8 Å². The number of amides is 1. The van der Waals surface area contributed by atoms with Gasteiger partial charge in [0.05, 0.1) is 4.92 Å². The van der Waals surface area contributed by atoms with Crippen molar-refractivity contribution < 1.29 is 18.1 Å². The number of carbonyl (C=O) groups excluding carboxylic acids is 1. The quantitative estimate of drug-likeness (QED) is 0.240. The lowest BCUT2D eigenvalue weighted by molar-refractivity contribution is -0.387. The van der Waals surface area contributed by atoms with E-state index >= 15 is 0 Å². The molecule has 12 heteroatoms. The predicted molar refractivity (Wildman–Crippen MR) is 87.8 cm³/mol. The number of para-hydroxylation sites is 1. The standard InChI is InChI=1S/C12H15N5O5S2/c13-12(23)16(14)11(18)9-5-3-7-15(9)24(21,22)10-6-2-1-4-8(10)17(19)20/h1-2,4,6,9H,3,5,7,14H2,(H2,13,23). The van der Waals surface area contributed by atoms with Crippen molar-refractivity contribution in [2.24, 2.45) is 11.6 Å². The van der Waals surface area contributed by atoms with Crippen LogP contribution in [0.25, 0.3) is 0 Å². The van der Waals surface area contributed by atoms with Crippen LogP contribution in [0.5, 0.6) is 0 Å². The molecule has 1 amide bonds. The molecule has 24 heavy (non-hydrogen) atoms. The van der Waals surface area contributed by atoms with Crippen LogP contribution in [0.4, 0.5) is 5.69 Å². The highest BCUT2D eigenvalue weighted by molar-refractivity contribution is 7.89. The molecule has 0 bridgehead atoms. The molecule has 4 N–H and O–H groups in total. The van der Waals surface area contributed by atoms with Gasteiger partial charge in [0.15, 0.2) is 10.0 Å². The van der Waals surface area contributed by atoms with E-state index in [0.717, 1.165) is 16.4 Å². The first kappa shape index (κ1) is 18.2. The van der Waals surface area contributed by atoms with Gasteiger partial charge in [0.25, 0.3) is 21.6 Å². The molecule has 1 aliphatic heterocycles. The summed E-state index contributed by atoms with van der Waals surface area (Å²) >= 11 is 4.61. The summed E-state index contributed by atoms with van der Waals surface area (Å²) in [6.07, 6.45) is 0.621. The van der Waals surface area contributed by atoms with Crippen molar-refractivity contribution in [3.05, 3.63) is 34.4 Å². The number of nitrogens with zero attached hydrogens (tertiary/aromatic N) is 3. The monoisotopic (exact) mass is 373 g/mol. The first-order chi connectivity index (χ1) is 11.2. The molecular weight excluding hydrogens is 358 g/mol. The van der Waals surface area contributed by atoms with Crippen LogP contribution in [-0.4, -0.2) is 46.3 Å². The normalized spacial score (nSPS) is 18.3. The number of sulfonamides is 1. The van der Waals surface area contributed by atoms with Crippen LogP contribution in [0, 0.1) is 10.1 Å². The van der Waals surface area contributed by atoms with Gasteiger partial charge in [-0.1, -0.05) is 12.1 Å². The highest BCUT2D eigenvalue weighted by atomic mass is 32.2. The molecule has 130 valence electrons. The second-order valence-electron chi connectivity index (χ2n) is 5.05. The zero-order valence-electron chi connectivity index (χ0n) is 12.4. The Morgan fingerprint density at radius 3 is 2.62 bits per heavy atom. The molecule has 1 aromatic carbocycles. The number of hydrazine groups is 1. The molecule has 1 aliphatic rings. The van der Waals surface area contributed by atoms with E-state index in [1.165, 1.54) is 12.1 Å². The summed E-state index contributed by atoms with van der Waals surface area (Å²) in [6.45, 7) is 0.0377. The van der Waals surface area contributed by atoms with Gasteiger partial charge >= 0.3 is 0 Å². The van der Waals surface area contributed by atoms with Crippen molar-refractivity contribution in [3.8, 4) is 0 Å². The van der Waals surface area contributed by atoms with E-state index in [1.807, 2.05) is 0 Å². The van der Waals surface area contributed by atoms with Crippen LogP contribution < -0.4 is 11.6 Å². The Morgan fingerprint density at radius 2 is 2.04 bits per heavy atom. The minimum absolute atomic E-state index is 0.0377. The van der Waals surface area contributed by atoms with Crippen molar-refractivity contribution in [1.82, 2.24) is 9.31 Å². The van der Waals surface area contributed by atoms with Gasteiger partial charge in [0, 0.05) is 12.6 Å². The summed E-state index contributed by atoms with van der Waals surface area (Å²) in [6, 6.07) is 3.83. The molecule has 1 fully saturated rings. The van der Waals surface area contributed by atoms with Gasteiger partial charge in [0.1, 0.15) is 6.04 Å². The molecule has 1 aromatic rings. The number of benzene rings is 1. The zero-order chi connectivity index (χ0) is 18.1. The number of nitro benzene ring substituents is 1. The maximum atomic E-state index is 12.8. The zero-order valence-corrected chi connectivity index (χ0v) is 14.0. The number of nitrogens with two attached hydrogens (primary N) is 2. The Hall–Kier alpha value is -2.15. The molecule has 2 rings (SSSR count). The molecule has 0 radical (unpaired) electrons. The Kier molecular flexibility index (Phi) is 5.13. The molecule has 10 nitrogen and oxygen atoms in total. The largest absolute Gasteiger partial charge is 0.375 e. The van der Waals surface area contributed by atoms with E-state index in [9.17, 15) is 23.3 Å². The number of carbonyl (C=O) groups is 1. The van der Waals surface area contributed by atoms with Gasteiger partial charge in [-0.25, -0.2) is 19.3 Å². The molecule has 0 aromatic heterocycles. The van der Waals surface area contributed by atoms with Crippen LogP contribution >= 0.6 is 12.2 Å². The Balaban J connectivity index is 2.44. The maximum Gasteiger partial charge on any atom is 0.289 e. The van der Waals surface area contributed by atoms with Crippen LogP contribution in [0.3, 0.4) is 0 Å². The van der Waals surface area contributed by atoms with Crippen molar-refractivity contribution in [2.75, 3.05) is 6.54 Å². The molecular formula is C12H15N5O5S2. The number of thiocarbonyl (C=S) groups is 1. The van der Waals surface area contributed by atoms with E-state index in [-0.39, 0.29) is 13.0 Å². The fraction of sp³-hybridized carbons (Fsp3) is 0.333. The lowest BCUT2D eigenvalue weighted by Gasteiger charge is -2.26. The first-order valence-electron chi connectivity index (χ1n) is 6.81. The number of hydrogen-bond acceptors (Lipinski definition) is 7. The van der Waals surface area contributed by atoms with Gasteiger partial charge in [0.2, 0.25) is 0 Å². The molecule has 1 unspecified atom stereocenters. The summed E-state index contributed by atoms with van der Waals surface area (Å²) in [5, 5.41) is 11.2. The molecule has 0 saturated carbocycles. The molecule has 1 heterocycles. The third-order valence-corrected chi connectivity index (χ3v) is 5.76.